The van der Waals surface area contributed by atoms with Gasteiger partial charge in [-0.05, 0) is 31.2 Å². The lowest BCUT2D eigenvalue weighted by Gasteiger charge is -2.25. The fraction of sp³-hybridized carbons (Fsp3) is 0.312. The van der Waals surface area contributed by atoms with Gasteiger partial charge in [0.1, 0.15) is 5.78 Å². The van der Waals surface area contributed by atoms with Gasteiger partial charge in [0.05, 0.1) is 5.69 Å². The van der Waals surface area contributed by atoms with E-state index >= 15 is 0 Å². The molecule has 6 heteroatoms. The van der Waals surface area contributed by atoms with Crippen LogP contribution in [0.1, 0.15) is 29.0 Å². The molecular formula is C16H16ClN3O2. The molecule has 2 heterocycles. The van der Waals surface area contributed by atoms with Crippen molar-refractivity contribution < 1.29 is 9.59 Å². The van der Waals surface area contributed by atoms with Gasteiger partial charge in [-0.25, -0.2) is 4.68 Å². The van der Waals surface area contributed by atoms with E-state index in [1.165, 1.54) is 0 Å². The first-order valence-electron chi connectivity index (χ1n) is 7.18. The number of nitrogens with zero attached hydrogens (tertiary/aromatic N) is 3. The molecule has 0 atom stereocenters. The minimum atomic E-state index is -0.128. The molecule has 0 saturated carbocycles. The van der Waals surface area contributed by atoms with Gasteiger partial charge in [-0.1, -0.05) is 17.7 Å². The molecular weight excluding hydrogens is 302 g/mol. The third-order valence-corrected chi connectivity index (χ3v) is 4.00. The number of carbonyl (C=O) groups excluding carboxylic acids is 2. The largest absolute Gasteiger partial charge is 0.336 e. The third-order valence-electron chi connectivity index (χ3n) is 3.77. The predicted octanol–water partition coefficient (Wildman–Crippen LogP) is 2.64. The molecule has 0 bridgehead atoms. The highest BCUT2D eigenvalue weighted by Gasteiger charge is 2.24. The molecule has 5 nitrogen and oxygen atoms in total. The fourth-order valence-corrected chi connectivity index (χ4v) is 2.75. The van der Waals surface area contributed by atoms with Crippen molar-refractivity contribution in [1.82, 2.24) is 14.7 Å². The minimum Gasteiger partial charge on any atom is -0.336 e. The number of hydrogen-bond donors (Lipinski definition) is 0. The molecule has 0 radical (unpaired) electrons. The second-order valence-corrected chi connectivity index (χ2v) is 5.83. The van der Waals surface area contributed by atoms with E-state index in [1.54, 1.807) is 27.8 Å². The summed E-state index contributed by atoms with van der Waals surface area (Å²) in [5.74, 6) is 0.0843. The number of likely N-dealkylation sites (tertiary alicyclic amines) is 1. The lowest BCUT2D eigenvalue weighted by atomic mass is 10.1. The van der Waals surface area contributed by atoms with E-state index < -0.39 is 0 Å². The van der Waals surface area contributed by atoms with Gasteiger partial charge in [-0.15, -0.1) is 0 Å². The van der Waals surface area contributed by atoms with Gasteiger partial charge in [-0.3, -0.25) is 9.59 Å². The number of piperidine rings is 1. The van der Waals surface area contributed by atoms with Crippen LogP contribution in [0.5, 0.6) is 0 Å². The Hall–Kier alpha value is -2.14. The van der Waals surface area contributed by atoms with E-state index in [0.717, 1.165) is 11.4 Å². The number of aromatic nitrogens is 2. The summed E-state index contributed by atoms with van der Waals surface area (Å²) in [7, 11) is 0. The predicted molar refractivity (Wildman–Crippen MR) is 83.5 cm³/mol. The van der Waals surface area contributed by atoms with Gasteiger partial charge in [0.25, 0.3) is 5.91 Å². The second-order valence-electron chi connectivity index (χ2n) is 5.39. The topological polar surface area (TPSA) is 55.2 Å². The summed E-state index contributed by atoms with van der Waals surface area (Å²) < 4.78 is 1.70. The molecule has 1 aromatic carbocycles. The molecule has 1 amide bonds. The number of aryl methyl sites for hydroxylation is 1. The maximum Gasteiger partial charge on any atom is 0.274 e. The summed E-state index contributed by atoms with van der Waals surface area (Å²) in [6, 6.07) is 9.09. The fourth-order valence-electron chi connectivity index (χ4n) is 2.57. The monoisotopic (exact) mass is 317 g/mol. The van der Waals surface area contributed by atoms with Gasteiger partial charge < -0.3 is 4.90 Å². The molecule has 2 aromatic rings. The van der Waals surface area contributed by atoms with Crippen LogP contribution < -0.4 is 0 Å². The lowest BCUT2D eigenvalue weighted by Crippen LogP contribution is -2.38. The van der Waals surface area contributed by atoms with E-state index in [9.17, 15) is 9.59 Å². The van der Waals surface area contributed by atoms with Gasteiger partial charge in [0.15, 0.2) is 5.69 Å². The third kappa shape index (κ3) is 2.90. The highest BCUT2D eigenvalue weighted by Crippen LogP contribution is 2.18. The van der Waals surface area contributed by atoms with Crippen LogP contribution in [-0.2, 0) is 4.79 Å². The number of hydrogen-bond acceptors (Lipinski definition) is 3. The normalized spacial score (nSPS) is 15.2. The standard InChI is InChI=1S/C16H16ClN3O2/c1-11-9-15(16(22)19-7-5-14(21)6-8-19)18-20(11)13-4-2-3-12(17)10-13/h2-4,9-10H,5-8H2,1H3. The number of halogens is 1. The van der Waals surface area contributed by atoms with E-state index in [4.69, 9.17) is 11.6 Å². The van der Waals surface area contributed by atoms with Crippen molar-refractivity contribution in [3.8, 4) is 5.69 Å². The molecule has 0 unspecified atom stereocenters. The molecule has 22 heavy (non-hydrogen) atoms. The average molecular weight is 318 g/mol. The SMILES string of the molecule is Cc1cc(C(=O)N2CCC(=O)CC2)nn1-c1cccc(Cl)c1. The number of amides is 1. The zero-order valence-electron chi connectivity index (χ0n) is 12.3. The summed E-state index contributed by atoms with van der Waals surface area (Å²) in [4.78, 5) is 25.4. The first-order valence-corrected chi connectivity index (χ1v) is 7.56. The molecule has 0 aliphatic carbocycles. The van der Waals surface area contributed by atoms with Gasteiger partial charge in [-0.2, -0.15) is 5.10 Å². The van der Waals surface area contributed by atoms with Crippen molar-refractivity contribution in [1.29, 1.82) is 0 Å². The van der Waals surface area contributed by atoms with Crippen LogP contribution in [0.15, 0.2) is 30.3 Å². The lowest BCUT2D eigenvalue weighted by molar-refractivity contribution is -0.120. The van der Waals surface area contributed by atoms with Crippen LogP contribution in [0, 0.1) is 6.92 Å². The Morgan fingerprint density at radius 1 is 1.23 bits per heavy atom. The Labute approximate surface area is 133 Å². The Balaban J connectivity index is 1.86. The van der Waals surface area contributed by atoms with Crippen molar-refractivity contribution >= 4 is 23.3 Å². The Kier molecular flexibility index (Phi) is 3.98. The molecule has 114 valence electrons. The van der Waals surface area contributed by atoms with Gasteiger partial charge in [0, 0.05) is 36.6 Å². The molecule has 0 N–H and O–H groups in total. The molecule has 1 aromatic heterocycles. The average Bonchev–Trinajstić information content (AvgIpc) is 2.89. The quantitative estimate of drug-likeness (QED) is 0.855. The number of carbonyl (C=O) groups is 2. The van der Waals surface area contributed by atoms with Crippen molar-refractivity contribution in [2.24, 2.45) is 0 Å². The zero-order chi connectivity index (χ0) is 15.7. The summed E-state index contributed by atoms with van der Waals surface area (Å²) >= 11 is 6.00. The Morgan fingerprint density at radius 3 is 2.64 bits per heavy atom. The van der Waals surface area contributed by atoms with E-state index in [0.29, 0.717) is 36.6 Å². The zero-order valence-corrected chi connectivity index (χ0v) is 13.0. The Morgan fingerprint density at radius 2 is 1.95 bits per heavy atom. The maximum atomic E-state index is 12.5. The van der Waals surface area contributed by atoms with E-state index in [-0.39, 0.29) is 11.7 Å². The Bertz CT molecular complexity index is 729. The smallest absolute Gasteiger partial charge is 0.274 e. The van der Waals surface area contributed by atoms with Crippen molar-refractivity contribution in [2.75, 3.05) is 13.1 Å². The molecule has 1 fully saturated rings. The van der Waals surface area contributed by atoms with Crippen LogP contribution in [0.25, 0.3) is 5.69 Å². The van der Waals surface area contributed by atoms with Crippen molar-refractivity contribution in [3.05, 3.63) is 46.7 Å². The van der Waals surface area contributed by atoms with Crippen LogP contribution in [0.2, 0.25) is 5.02 Å². The number of benzene rings is 1. The van der Waals surface area contributed by atoms with Crippen molar-refractivity contribution in [3.63, 3.8) is 0 Å². The highest BCUT2D eigenvalue weighted by molar-refractivity contribution is 6.30. The van der Waals surface area contributed by atoms with E-state index in [1.807, 2.05) is 19.1 Å². The second kappa shape index (κ2) is 5.93. The summed E-state index contributed by atoms with van der Waals surface area (Å²) in [6.07, 6.45) is 0.861. The molecule has 1 aliphatic heterocycles. The summed E-state index contributed by atoms with van der Waals surface area (Å²) in [6.45, 7) is 2.84. The van der Waals surface area contributed by atoms with Crippen LogP contribution in [-0.4, -0.2) is 39.5 Å². The van der Waals surface area contributed by atoms with Crippen molar-refractivity contribution in [2.45, 2.75) is 19.8 Å². The van der Waals surface area contributed by atoms with Gasteiger partial charge in [0.2, 0.25) is 0 Å². The number of rotatable bonds is 2. The van der Waals surface area contributed by atoms with E-state index in [2.05, 4.69) is 5.10 Å². The number of ketones is 1. The highest BCUT2D eigenvalue weighted by atomic mass is 35.5. The first-order chi connectivity index (χ1) is 10.5. The van der Waals surface area contributed by atoms with Gasteiger partial charge >= 0.3 is 0 Å². The molecule has 1 aliphatic rings. The molecule has 3 rings (SSSR count). The summed E-state index contributed by atoms with van der Waals surface area (Å²) in [5, 5.41) is 5.02. The minimum absolute atomic E-state index is 0.128. The van der Waals surface area contributed by atoms with Crippen LogP contribution in [0.3, 0.4) is 0 Å². The molecule has 1 saturated heterocycles. The maximum absolute atomic E-state index is 12.5. The number of Topliss-reactive ketones (excluding diaryl/α,β-unsaturated/α-hetero) is 1. The molecule has 0 spiro atoms. The summed E-state index contributed by atoms with van der Waals surface area (Å²) in [5.41, 5.74) is 2.07. The van der Waals surface area contributed by atoms with Crippen LogP contribution in [0.4, 0.5) is 0 Å². The first kappa shape index (κ1) is 14.8. The van der Waals surface area contributed by atoms with Crippen LogP contribution >= 0.6 is 11.6 Å².